The molecule has 1 amide bonds. The zero-order valence-electron chi connectivity index (χ0n) is 10.4. The summed E-state index contributed by atoms with van der Waals surface area (Å²) in [4.78, 5) is 14.2. The number of hydrogen-bond acceptors (Lipinski definition) is 1. The lowest BCUT2D eigenvalue weighted by Crippen LogP contribution is -2.40. The first kappa shape index (κ1) is 13.9. The lowest BCUT2D eigenvalue weighted by Gasteiger charge is -2.33. The Labute approximate surface area is 121 Å². The van der Waals surface area contributed by atoms with Crippen LogP contribution in [0.1, 0.15) is 30.1 Å². The smallest absolute Gasteiger partial charge is 0.253 e. The van der Waals surface area contributed by atoms with Crippen molar-refractivity contribution in [2.75, 3.05) is 13.1 Å². The highest BCUT2D eigenvalue weighted by atomic mass is 79.9. The Kier molecular flexibility index (Phi) is 4.68. The Balaban J connectivity index is 1.99. The van der Waals surface area contributed by atoms with Gasteiger partial charge >= 0.3 is 0 Å². The molecule has 98 valence electrons. The molecule has 1 unspecified atom stereocenters. The molecule has 4 heteroatoms. The molecule has 1 aliphatic heterocycles. The highest BCUT2D eigenvalue weighted by molar-refractivity contribution is 9.10. The number of carbonyl (C=O) groups excluding carboxylic acids is 1. The molecule has 1 atom stereocenters. The number of hydrogen-bond donors (Lipinski definition) is 0. The predicted molar refractivity (Wildman–Crippen MR) is 78.1 cm³/mol. The van der Waals surface area contributed by atoms with Crippen molar-refractivity contribution in [1.29, 1.82) is 0 Å². The number of piperidine rings is 1. The number of alkyl halides is 1. The Bertz CT molecular complexity index is 428. The van der Waals surface area contributed by atoms with Crippen LogP contribution in [-0.2, 0) is 0 Å². The summed E-state index contributed by atoms with van der Waals surface area (Å²) in [5, 5.41) is 0.202. The van der Waals surface area contributed by atoms with Gasteiger partial charge in [-0.25, -0.2) is 0 Å². The van der Waals surface area contributed by atoms with E-state index in [1.807, 2.05) is 36.1 Å². The van der Waals surface area contributed by atoms with Crippen molar-refractivity contribution in [3.05, 3.63) is 34.3 Å². The minimum absolute atomic E-state index is 0.122. The van der Waals surface area contributed by atoms with E-state index in [2.05, 4.69) is 15.9 Å². The van der Waals surface area contributed by atoms with E-state index in [4.69, 9.17) is 11.6 Å². The normalized spacial score (nSPS) is 18.7. The quantitative estimate of drug-likeness (QED) is 0.752. The molecule has 0 aromatic heterocycles. The second-order valence-electron chi connectivity index (χ2n) is 4.82. The molecule has 0 radical (unpaired) electrons. The predicted octanol–water partition coefficient (Wildman–Crippen LogP) is 3.93. The van der Waals surface area contributed by atoms with Gasteiger partial charge in [0.15, 0.2) is 0 Å². The first-order chi connectivity index (χ1) is 8.58. The monoisotopic (exact) mass is 329 g/mol. The van der Waals surface area contributed by atoms with E-state index in [9.17, 15) is 4.79 Å². The Morgan fingerprint density at radius 1 is 1.44 bits per heavy atom. The lowest BCUT2D eigenvalue weighted by atomic mass is 9.93. The van der Waals surface area contributed by atoms with Crippen molar-refractivity contribution in [1.82, 2.24) is 4.90 Å². The topological polar surface area (TPSA) is 20.3 Å². The van der Waals surface area contributed by atoms with Crippen molar-refractivity contribution in [2.45, 2.75) is 25.1 Å². The van der Waals surface area contributed by atoms with Crippen LogP contribution in [0.3, 0.4) is 0 Å². The second-order valence-corrected chi connectivity index (χ2v) is 6.42. The highest BCUT2D eigenvalue weighted by Gasteiger charge is 2.25. The maximum atomic E-state index is 12.3. The SMILES string of the molecule is CC(Cl)C1CCN(C(=O)c2cccc(Br)c2)CC1. The van der Waals surface area contributed by atoms with Crippen molar-refractivity contribution in [3.63, 3.8) is 0 Å². The molecule has 1 aromatic rings. The molecule has 1 aromatic carbocycles. The van der Waals surface area contributed by atoms with Gasteiger partial charge in [0.25, 0.3) is 5.91 Å². The van der Waals surface area contributed by atoms with Crippen LogP contribution in [0.25, 0.3) is 0 Å². The van der Waals surface area contributed by atoms with E-state index >= 15 is 0 Å². The number of carbonyl (C=O) groups is 1. The minimum Gasteiger partial charge on any atom is -0.339 e. The third-order valence-corrected chi connectivity index (χ3v) is 4.40. The molecular weight excluding hydrogens is 314 g/mol. The zero-order valence-corrected chi connectivity index (χ0v) is 12.7. The van der Waals surface area contributed by atoms with Crippen LogP contribution in [-0.4, -0.2) is 29.3 Å². The van der Waals surface area contributed by atoms with Gasteiger partial charge in [-0.3, -0.25) is 4.79 Å². The van der Waals surface area contributed by atoms with Gasteiger partial charge in [0.1, 0.15) is 0 Å². The average Bonchev–Trinajstić information content (AvgIpc) is 2.38. The number of benzene rings is 1. The summed E-state index contributed by atoms with van der Waals surface area (Å²) in [5.74, 6) is 0.662. The van der Waals surface area contributed by atoms with Gasteiger partial charge in [-0.05, 0) is 43.9 Å². The average molecular weight is 331 g/mol. The Morgan fingerprint density at radius 3 is 2.67 bits per heavy atom. The molecule has 0 saturated carbocycles. The third-order valence-electron chi connectivity index (χ3n) is 3.55. The largest absolute Gasteiger partial charge is 0.339 e. The van der Waals surface area contributed by atoms with E-state index < -0.39 is 0 Å². The maximum Gasteiger partial charge on any atom is 0.253 e. The number of nitrogens with zero attached hydrogens (tertiary/aromatic N) is 1. The maximum absolute atomic E-state index is 12.3. The molecule has 1 fully saturated rings. The van der Waals surface area contributed by atoms with E-state index in [0.717, 1.165) is 36.0 Å². The van der Waals surface area contributed by atoms with E-state index in [0.29, 0.717) is 5.92 Å². The molecule has 0 bridgehead atoms. The summed E-state index contributed by atoms with van der Waals surface area (Å²) in [6.07, 6.45) is 2.01. The van der Waals surface area contributed by atoms with Crippen LogP contribution in [0, 0.1) is 5.92 Å². The summed E-state index contributed by atoms with van der Waals surface area (Å²) >= 11 is 9.51. The van der Waals surface area contributed by atoms with Gasteiger partial charge in [0, 0.05) is 28.5 Å². The fourth-order valence-electron chi connectivity index (χ4n) is 2.37. The molecular formula is C14H17BrClNO. The molecule has 1 heterocycles. The molecule has 0 spiro atoms. The van der Waals surface area contributed by atoms with Crippen LogP contribution in [0.5, 0.6) is 0 Å². The summed E-state index contributed by atoms with van der Waals surface area (Å²) in [5.41, 5.74) is 0.752. The number of rotatable bonds is 2. The zero-order chi connectivity index (χ0) is 13.1. The molecule has 2 nitrogen and oxygen atoms in total. The summed E-state index contributed by atoms with van der Waals surface area (Å²) in [6.45, 7) is 3.66. The van der Waals surface area contributed by atoms with Crippen LogP contribution >= 0.6 is 27.5 Å². The first-order valence-corrected chi connectivity index (χ1v) is 7.50. The summed E-state index contributed by atoms with van der Waals surface area (Å²) < 4.78 is 0.942. The highest BCUT2D eigenvalue weighted by Crippen LogP contribution is 2.25. The third kappa shape index (κ3) is 3.27. The van der Waals surface area contributed by atoms with Crippen molar-refractivity contribution < 1.29 is 4.79 Å². The molecule has 1 aliphatic rings. The van der Waals surface area contributed by atoms with E-state index in [-0.39, 0.29) is 11.3 Å². The summed E-state index contributed by atoms with van der Waals surface area (Å²) in [7, 11) is 0. The van der Waals surface area contributed by atoms with Gasteiger partial charge in [-0.2, -0.15) is 0 Å². The van der Waals surface area contributed by atoms with Gasteiger partial charge in [-0.1, -0.05) is 22.0 Å². The standard InChI is InChI=1S/C14H17BrClNO/c1-10(16)11-5-7-17(8-6-11)14(18)12-3-2-4-13(15)9-12/h2-4,9-11H,5-8H2,1H3. The van der Waals surface area contributed by atoms with Crippen molar-refractivity contribution in [3.8, 4) is 0 Å². The van der Waals surface area contributed by atoms with Gasteiger partial charge < -0.3 is 4.90 Å². The summed E-state index contributed by atoms with van der Waals surface area (Å²) in [6, 6.07) is 7.56. The molecule has 18 heavy (non-hydrogen) atoms. The molecule has 0 N–H and O–H groups in total. The molecule has 2 rings (SSSR count). The second kappa shape index (κ2) is 6.07. The van der Waals surface area contributed by atoms with Gasteiger partial charge in [0.2, 0.25) is 0 Å². The fourth-order valence-corrected chi connectivity index (χ4v) is 3.02. The van der Waals surface area contributed by atoms with Crippen LogP contribution < -0.4 is 0 Å². The van der Waals surface area contributed by atoms with Crippen molar-refractivity contribution >= 4 is 33.4 Å². The number of likely N-dealkylation sites (tertiary alicyclic amines) is 1. The van der Waals surface area contributed by atoms with E-state index in [1.54, 1.807) is 0 Å². The first-order valence-electron chi connectivity index (χ1n) is 6.27. The van der Waals surface area contributed by atoms with Crippen LogP contribution in [0.2, 0.25) is 0 Å². The Hall–Kier alpha value is -0.540. The molecule has 1 saturated heterocycles. The van der Waals surface area contributed by atoms with E-state index in [1.165, 1.54) is 0 Å². The minimum atomic E-state index is 0.122. The van der Waals surface area contributed by atoms with Crippen LogP contribution in [0.15, 0.2) is 28.7 Å². The van der Waals surface area contributed by atoms with Gasteiger partial charge in [0.05, 0.1) is 0 Å². The van der Waals surface area contributed by atoms with Crippen LogP contribution in [0.4, 0.5) is 0 Å². The Morgan fingerprint density at radius 2 is 2.11 bits per heavy atom. The fraction of sp³-hybridized carbons (Fsp3) is 0.500. The van der Waals surface area contributed by atoms with Gasteiger partial charge in [-0.15, -0.1) is 11.6 Å². The molecule has 0 aliphatic carbocycles. The number of amides is 1. The van der Waals surface area contributed by atoms with Crippen molar-refractivity contribution in [2.24, 2.45) is 5.92 Å². The number of halogens is 2. The lowest BCUT2D eigenvalue weighted by molar-refractivity contribution is 0.0690.